The molecular weight excluding hydrogens is 314 g/mol. The molecule has 24 heavy (non-hydrogen) atoms. The lowest BCUT2D eigenvalue weighted by atomic mass is 9.89. The second-order valence-corrected chi connectivity index (χ2v) is 9.14. The van der Waals surface area contributed by atoms with Crippen molar-refractivity contribution in [2.75, 3.05) is 20.1 Å². The standard InChI is InChI=1S/C20H27N3S/c1-13-5-7-16(21-12-13)14-6-8-18-17(11-14)22-19(24-18)15-9-10-23(4)20(15,2)3/h6,8,11,13,15H,5,7,9-10,12H2,1-4H3/t13-,15?/m0/s1. The number of likely N-dealkylation sites (tertiary alicyclic amines) is 1. The number of hydrogen-bond donors (Lipinski definition) is 0. The SMILES string of the molecule is C[C@H]1CCC(c2ccc3sc(C4CCN(C)C4(C)C)nc3c2)=NC1. The van der Waals surface area contributed by atoms with Crippen molar-refractivity contribution in [2.45, 2.75) is 51.5 Å². The van der Waals surface area contributed by atoms with Crippen molar-refractivity contribution < 1.29 is 0 Å². The van der Waals surface area contributed by atoms with E-state index < -0.39 is 0 Å². The van der Waals surface area contributed by atoms with Gasteiger partial charge in [0, 0.05) is 23.7 Å². The third-order valence-electron chi connectivity index (χ3n) is 6.09. The zero-order valence-electron chi connectivity index (χ0n) is 15.2. The van der Waals surface area contributed by atoms with Gasteiger partial charge in [-0.25, -0.2) is 4.98 Å². The number of likely N-dealkylation sites (N-methyl/N-ethyl adjacent to an activating group) is 1. The predicted molar refractivity (Wildman–Crippen MR) is 103 cm³/mol. The molecule has 2 atom stereocenters. The zero-order chi connectivity index (χ0) is 16.9. The highest BCUT2D eigenvalue weighted by molar-refractivity contribution is 7.18. The molecule has 2 aromatic rings. The second kappa shape index (κ2) is 5.92. The summed E-state index contributed by atoms with van der Waals surface area (Å²) in [6, 6.07) is 6.75. The quantitative estimate of drug-likeness (QED) is 0.791. The van der Waals surface area contributed by atoms with E-state index in [1.54, 1.807) is 0 Å². The molecule has 2 aliphatic heterocycles. The molecule has 0 spiro atoms. The number of rotatable bonds is 2. The molecule has 4 rings (SSSR count). The van der Waals surface area contributed by atoms with Crippen LogP contribution in [-0.2, 0) is 0 Å². The van der Waals surface area contributed by atoms with Crippen molar-refractivity contribution >= 4 is 27.3 Å². The van der Waals surface area contributed by atoms with Crippen LogP contribution in [0.25, 0.3) is 10.2 Å². The van der Waals surface area contributed by atoms with E-state index in [1.165, 1.54) is 33.8 Å². The molecule has 128 valence electrons. The van der Waals surface area contributed by atoms with Gasteiger partial charge in [0.1, 0.15) is 0 Å². The van der Waals surface area contributed by atoms with Gasteiger partial charge in [0.05, 0.1) is 15.2 Å². The molecule has 0 N–H and O–H groups in total. The zero-order valence-corrected chi connectivity index (χ0v) is 16.0. The van der Waals surface area contributed by atoms with Gasteiger partial charge in [0.25, 0.3) is 0 Å². The molecule has 0 saturated carbocycles. The summed E-state index contributed by atoms with van der Waals surface area (Å²) in [4.78, 5) is 12.3. The summed E-state index contributed by atoms with van der Waals surface area (Å²) in [5.41, 5.74) is 3.89. The van der Waals surface area contributed by atoms with Crippen molar-refractivity contribution in [3.05, 3.63) is 28.8 Å². The van der Waals surface area contributed by atoms with Gasteiger partial charge in [-0.1, -0.05) is 13.0 Å². The van der Waals surface area contributed by atoms with E-state index in [4.69, 9.17) is 9.98 Å². The molecule has 1 saturated heterocycles. The Hall–Kier alpha value is -1.26. The summed E-state index contributed by atoms with van der Waals surface area (Å²) in [6.45, 7) is 9.11. The first kappa shape index (κ1) is 16.2. The van der Waals surface area contributed by atoms with Crippen LogP contribution in [0.3, 0.4) is 0 Å². The lowest BCUT2D eigenvalue weighted by Crippen LogP contribution is -2.38. The van der Waals surface area contributed by atoms with E-state index in [0.717, 1.165) is 30.9 Å². The number of fused-ring (bicyclic) bond motifs is 1. The summed E-state index contributed by atoms with van der Waals surface area (Å²) >= 11 is 1.88. The predicted octanol–water partition coefficient (Wildman–Crippen LogP) is 4.71. The maximum Gasteiger partial charge on any atom is 0.0988 e. The Morgan fingerprint density at radius 2 is 2.08 bits per heavy atom. The van der Waals surface area contributed by atoms with Crippen LogP contribution in [0.5, 0.6) is 0 Å². The number of thiazole rings is 1. The van der Waals surface area contributed by atoms with Gasteiger partial charge < -0.3 is 4.90 Å². The summed E-state index contributed by atoms with van der Waals surface area (Å²) < 4.78 is 1.31. The molecule has 4 heteroatoms. The van der Waals surface area contributed by atoms with Crippen molar-refractivity contribution in [3.63, 3.8) is 0 Å². The number of benzene rings is 1. The Kier molecular flexibility index (Phi) is 4.00. The summed E-state index contributed by atoms with van der Waals surface area (Å²) in [7, 11) is 2.23. The maximum absolute atomic E-state index is 5.03. The van der Waals surface area contributed by atoms with Crippen molar-refractivity contribution in [3.8, 4) is 0 Å². The second-order valence-electron chi connectivity index (χ2n) is 8.08. The lowest BCUT2D eigenvalue weighted by molar-refractivity contribution is 0.201. The number of aromatic nitrogens is 1. The van der Waals surface area contributed by atoms with Crippen molar-refractivity contribution in [1.29, 1.82) is 0 Å². The van der Waals surface area contributed by atoms with Crippen LogP contribution in [-0.4, -0.2) is 41.3 Å². The average Bonchev–Trinajstić information content (AvgIpc) is 3.08. The van der Waals surface area contributed by atoms with E-state index in [-0.39, 0.29) is 5.54 Å². The Morgan fingerprint density at radius 1 is 1.25 bits per heavy atom. The van der Waals surface area contributed by atoms with Crippen LogP contribution in [0.4, 0.5) is 0 Å². The number of hydrogen-bond acceptors (Lipinski definition) is 4. The average molecular weight is 342 g/mol. The van der Waals surface area contributed by atoms with Crippen molar-refractivity contribution in [1.82, 2.24) is 9.88 Å². The molecule has 0 aliphatic carbocycles. The largest absolute Gasteiger partial charge is 0.301 e. The van der Waals surface area contributed by atoms with Crippen LogP contribution in [0, 0.1) is 5.92 Å². The van der Waals surface area contributed by atoms with Gasteiger partial charge >= 0.3 is 0 Å². The van der Waals surface area contributed by atoms with Gasteiger partial charge in [-0.15, -0.1) is 11.3 Å². The minimum absolute atomic E-state index is 0.195. The van der Waals surface area contributed by atoms with E-state index in [9.17, 15) is 0 Å². The topological polar surface area (TPSA) is 28.5 Å². The molecule has 3 heterocycles. The first-order valence-electron chi connectivity index (χ1n) is 9.10. The number of aliphatic imine (C=N–C) groups is 1. The van der Waals surface area contributed by atoms with E-state index in [1.807, 2.05) is 11.3 Å². The van der Waals surface area contributed by atoms with Crippen LogP contribution >= 0.6 is 11.3 Å². The van der Waals surface area contributed by atoms with Gasteiger partial charge in [-0.3, -0.25) is 4.99 Å². The molecule has 1 fully saturated rings. The Labute approximate surface area is 148 Å². The van der Waals surface area contributed by atoms with Crippen LogP contribution in [0.15, 0.2) is 23.2 Å². The monoisotopic (exact) mass is 341 g/mol. The highest BCUT2D eigenvalue weighted by Gasteiger charge is 2.41. The van der Waals surface area contributed by atoms with E-state index in [0.29, 0.717) is 5.92 Å². The van der Waals surface area contributed by atoms with Crippen LogP contribution in [0.1, 0.15) is 56.5 Å². The molecule has 1 aromatic carbocycles. The smallest absolute Gasteiger partial charge is 0.0988 e. The van der Waals surface area contributed by atoms with Crippen molar-refractivity contribution in [2.24, 2.45) is 10.9 Å². The lowest BCUT2D eigenvalue weighted by Gasteiger charge is -2.32. The normalized spacial score (nSPS) is 27.6. The van der Waals surface area contributed by atoms with Gasteiger partial charge in [-0.05, 0) is 70.3 Å². The molecule has 0 radical (unpaired) electrons. The number of nitrogens with zero attached hydrogens (tertiary/aromatic N) is 3. The fourth-order valence-electron chi connectivity index (χ4n) is 3.98. The summed E-state index contributed by atoms with van der Waals surface area (Å²) in [5.74, 6) is 1.26. The van der Waals surface area contributed by atoms with Crippen LogP contribution in [0.2, 0.25) is 0 Å². The molecule has 1 unspecified atom stereocenters. The third-order valence-corrected chi connectivity index (χ3v) is 7.24. The fourth-order valence-corrected chi connectivity index (χ4v) is 5.25. The molecule has 0 amide bonds. The first-order valence-corrected chi connectivity index (χ1v) is 9.92. The summed E-state index contributed by atoms with van der Waals surface area (Å²) in [6.07, 6.45) is 3.56. The first-order chi connectivity index (χ1) is 11.4. The fraction of sp³-hybridized carbons (Fsp3) is 0.600. The third kappa shape index (κ3) is 2.70. The molecule has 1 aromatic heterocycles. The molecule has 2 aliphatic rings. The molecule has 0 bridgehead atoms. The summed E-state index contributed by atoms with van der Waals surface area (Å²) in [5, 5.41) is 1.30. The Morgan fingerprint density at radius 3 is 2.75 bits per heavy atom. The minimum atomic E-state index is 0.195. The minimum Gasteiger partial charge on any atom is -0.301 e. The van der Waals surface area contributed by atoms with E-state index in [2.05, 4.69) is 50.9 Å². The van der Waals surface area contributed by atoms with Gasteiger partial charge in [0.2, 0.25) is 0 Å². The van der Waals surface area contributed by atoms with Crippen LogP contribution < -0.4 is 0 Å². The highest BCUT2D eigenvalue weighted by atomic mass is 32.1. The van der Waals surface area contributed by atoms with E-state index >= 15 is 0 Å². The highest BCUT2D eigenvalue weighted by Crippen LogP contribution is 2.43. The van der Waals surface area contributed by atoms with Gasteiger partial charge in [0.15, 0.2) is 0 Å². The van der Waals surface area contributed by atoms with Gasteiger partial charge in [-0.2, -0.15) is 0 Å². The Bertz CT molecular complexity index is 789. The molecule has 3 nitrogen and oxygen atoms in total. The molecular formula is C20H27N3S. The Balaban J connectivity index is 1.67. The maximum atomic E-state index is 5.03.